The number of carbonyl (C=O) groups excluding carboxylic acids is 1. The first-order valence-corrected chi connectivity index (χ1v) is 6.88. The van der Waals surface area contributed by atoms with Crippen LogP contribution < -0.4 is 15.4 Å². The van der Waals surface area contributed by atoms with Crippen molar-refractivity contribution in [3.8, 4) is 5.75 Å². The molecule has 2 N–H and O–H groups in total. The molecule has 1 saturated heterocycles. The Morgan fingerprint density at radius 1 is 1.47 bits per heavy atom. The van der Waals surface area contributed by atoms with Crippen LogP contribution in [0.4, 0.5) is 0 Å². The van der Waals surface area contributed by atoms with Gasteiger partial charge in [-0.1, -0.05) is 18.6 Å². The van der Waals surface area contributed by atoms with Crippen molar-refractivity contribution in [1.29, 1.82) is 0 Å². The second-order valence-electron chi connectivity index (χ2n) is 5.01. The third kappa shape index (κ3) is 3.70. The molecule has 19 heavy (non-hydrogen) atoms. The highest BCUT2D eigenvalue weighted by Crippen LogP contribution is 2.19. The van der Waals surface area contributed by atoms with Gasteiger partial charge in [-0.05, 0) is 44.0 Å². The summed E-state index contributed by atoms with van der Waals surface area (Å²) in [5.41, 5.74) is 1.06. The Bertz CT molecular complexity index is 428. The zero-order chi connectivity index (χ0) is 13.7. The maximum Gasteiger partial charge on any atom is 0.237 e. The summed E-state index contributed by atoms with van der Waals surface area (Å²) in [6, 6.07) is 7.75. The van der Waals surface area contributed by atoms with Crippen LogP contribution in [0.5, 0.6) is 5.75 Å². The van der Waals surface area contributed by atoms with Crippen LogP contribution in [0.15, 0.2) is 24.3 Å². The van der Waals surface area contributed by atoms with Crippen molar-refractivity contribution in [2.45, 2.75) is 38.3 Å². The van der Waals surface area contributed by atoms with Crippen molar-refractivity contribution < 1.29 is 9.53 Å². The predicted molar refractivity (Wildman–Crippen MR) is 75.2 cm³/mol. The van der Waals surface area contributed by atoms with Crippen LogP contribution in [0.25, 0.3) is 0 Å². The Labute approximate surface area is 114 Å². The van der Waals surface area contributed by atoms with E-state index < -0.39 is 0 Å². The van der Waals surface area contributed by atoms with E-state index in [0.29, 0.717) is 0 Å². The topological polar surface area (TPSA) is 50.4 Å². The first-order valence-electron chi connectivity index (χ1n) is 6.88. The van der Waals surface area contributed by atoms with E-state index in [1.54, 1.807) is 7.11 Å². The minimum Gasteiger partial charge on any atom is -0.497 e. The SMILES string of the molecule is COc1cccc([C@H](C)NC(=O)[C@H]2CCCCN2)c1. The summed E-state index contributed by atoms with van der Waals surface area (Å²) in [7, 11) is 1.65. The highest BCUT2D eigenvalue weighted by Gasteiger charge is 2.22. The molecule has 1 aromatic carbocycles. The number of rotatable bonds is 4. The maximum absolute atomic E-state index is 12.1. The molecule has 104 valence electrons. The standard InChI is InChI=1S/C15H22N2O2/c1-11(12-6-5-7-13(10-12)19-2)17-15(18)14-8-3-4-9-16-14/h5-7,10-11,14,16H,3-4,8-9H2,1-2H3,(H,17,18)/t11-,14+/m0/s1. The summed E-state index contributed by atoms with van der Waals surface area (Å²) < 4.78 is 5.20. The quantitative estimate of drug-likeness (QED) is 0.872. The molecule has 0 unspecified atom stereocenters. The van der Waals surface area contributed by atoms with Crippen LogP contribution in [-0.4, -0.2) is 25.6 Å². The van der Waals surface area contributed by atoms with Gasteiger partial charge in [-0.25, -0.2) is 0 Å². The predicted octanol–water partition coefficient (Wildman–Crippen LogP) is 2.01. The van der Waals surface area contributed by atoms with Crippen molar-refractivity contribution in [3.05, 3.63) is 29.8 Å². The lowest BCUT2D eigenvalue weighted by Crippen LogP contribution is -2.47. The van der Waals surface area contributed by atoms with Crippen LogP contribution in [0, 0.1) is 0 Å². The summed E-state index contributed by atoms with van der Waals surface area (Å²) in [5.74, 6) is 0.907. The van der Waals surface area contributed by atoms with E-state index in [2.05, 4.69) is 10.6 Å². The van der Waals surface area contributed by atoms with E-state index in [1.165, 1.54) is 0 Å². The van der Waals surface area contributed by atoms with E-state index in [-0.39, 0.29) is 18.0 Å². The van der Waals surface area contributed by atoms with Gasteiger partial charge < -0.3 is 15.4 Å². The van der Waals surface area contributed by atoms with Gasteiger partial charge in [-0.3, -0.25) is 4.79 Å². The first-order chi connectivity index (χ1) is 9.20. The minimum absolute atomic E-state index is 0.00803. The lowest BCUT2D eigenvalue weighted by Gasteiger charge is -2.24. The molecule has 2 atom stereocenters. The van der Waals surface area contributed by atoms with Gasteiger partial charge in [0.2, 0.25) is 5.91 Å². The highest BCUT2D eigenvalue weighted by molar-refractivity contribution is 5.82. The van der Waals surface area contributed by atoms with Crippen LogP contribution in [0.1, 0.15) is 37.8 Å². The summed E-state index contributed by atoms with van der Waals surface area (Å²) >= 11 is 0. The molecule has 1 heterocycles. The summed E-state index contributed by atoms with van der Waals surface area (Å²) in [4.78, 5) is 12.1. The number of carbonyl (C=O) groups is 1. The van der Waals surface area contributed by atoms with Gasteiger partial charge in [-0.2, -0.15) is 0 Å². The minimum atomic E-state index is -0.0400. The van der Waals surface area contributed by atoms with E-state index >= 15 is 0 Å². The third-order valence-electron chi connectivity index (χ3n) is 3.58. The van der Waals surface area contributed by atoms with Crippen LogP contribution in [0.3, 0.4) is 0 Å². The largest absolute Gasteiger partial charge is 0.497 e. The van der Waals surface area contributed by atoms with Crippen molar-refractivity contribution in [2.75, 3.05) is 13.7 Å². The summed E-state index contributed by atoms with van der Waals surface area (Å²) in [6.07, 6.45) is 3.21. The molecule has 1 amide bonds. The molecule has 0 aliphatic carbocycles. The fraction of sp³-hybridized carbons (Fsp3) is 0.533. The fourth-order valence-corrected chi connectivity index (χ4v) is 2.38. The number of piperidine rings is 1. The fourth-order valence-electron chi connectivity index (χ4n) is 2.38. The molecule has 1 aliphatic heterocycles. The molecular weight excluding hydrogens is 240 g/mol. The number of amides is 1. The zero-order valence-corrected chi connectivity index (χ0v) is 11.6. The number of hydrogen-bond donors (Lipinski definition) is 2. The molecule has 1 aliphatic rings. The van der Waals surface area contributed by atoms with Gasteiger partial charge in [0, 0.05) is 0 Å². The lowest BCUT2D eigenvalue weighted by atomic mass is 10.0. The van der Waals surface area contributed by atoms with E-state index in [9.17, 15) is 4.79 Å². The maximum atomic E-state index is 12.1. The van der Waals surface area contributed by atoms with Gasteiger partial charge in [-0.15, -0.1) is 0 Å². The molecule has 4 heteroatoms. The van der Waals surface area contributed by atoms with Gasteiger partial charge in [0.15, 0.2) is 0 Å². The van der Waals surface area contributed by atoms with Crippen LogP contribution in [0.2, 0.25) is 0 Å². The molecule has 0 bridgehead atoms. The molecule has 0 radical (unpaired) electrons. The highest BCUT2D eigenvalue weighted by atomic mass is 16.5. The van der Waals surface area contributed by atoms with Crippen molar-refractivity contribution in [2.24, 2.45) is 0 Å². The zero-order valence-electron chi connectivity index (χ0n) is 11.6. The Morgan fingerprint density at radius 2 is 2.32 bits per heavy atom. The molecule has 4 nitrogen and oxygen atoms in total. The number of methoxy groups -OCH3 is 1. The normalized spacial score (nSPS) is 20.6. The van der Waals surface area contributed by atoms with Gasteiger partial charge in [0.1, 0.15) is 5.75 Å². The molecule has 0 saturated carbocycles. The monoisotopic (exact) mass is 262 g/mol. The second-order valence-corrected chi connectivity index (χ2v) is 5.01. The van der Waals surface area contributed by atoms with E-state index in [4.69, 9.17) is 4.74 Å². The molecule has 0 spiro atoms. The van der Waals surface area contributed by atoms with Crippen molar-refractivity contribution in [3.63, 3.8) is 0 Å². The van der Waals surface area contributed by atoms with E-state index in [1.807, 2.05) is 31.2 Å². The average molecular weight is 262 g/mol. The Morgan fingerprint density at radius 3 is 3.00 bits per heavy atom. The van der Waals surface area contributed by atoms with Gasteiger partial charge in [0.05, 0.1) is 19.2 Å². The average Bonchev–Trinajstić information content (AvgIpc) is 2.48. The van der Waals surface area contributed by atoms with Crippen molar-refractivity contribution >= 4 is 5.91 Å². The first kappa shape index (κ1) is 13.9. The number of nitrogens with one attached hydrogen (secondary N) is 2. The third-order valence-corrected chi connectivity index (χ3v) is 3.58. The smallest absolute Gasteiger partial charge is 0.237 e. The molecule has 1 aromatic rings. The number of hydrogen-bond acceptors (Lipinski definition) is 3. The molecule has 2 rings (SSSR count). The number of benzene rings is 1. The Balaban J connectivity index is 1.95. The van der Waals surface area contributed by atoms with Crippen LogP contribution >= 0.6 is 0 Å². The van der Waals surface area contributed by atoms with E-state index in [0.717, 1.165) is 37.1 Å². The lowest BCUT2D eigenvalue weighted by molar-refractivity contribution is -0.124. The summed E-state index contributed by atoms with van der Waals surface area (Å²) in [5, 5.41) is 6.32. The van der Waals surface area contributed by atoms with Crippen molar-refractivity contribution in [1.82, 2.24) is 10.6 Å². The number of ether oxygens (including phenoxy) is 1. The summed E-state index contributed by atoms with van der Waals surface area (Å²) in [6.45, 7) is 2.93. The second kappa shape index (κ2) is 6.57. The molecule has 0 aromatic heterocycles. The Kier molecular flexibility index (Phi) is 4.80. The molecule has 1 fully saturated rings. The molecular formula is C15H22N2O2. The Hall–Kier alpha value is -1.55. The van der Waals surface area contributed by atoms with Gasteiger partial charge >= 0.3 is 0 Å². The van der Waals surface area contributed by atoms with Crippen LogP contribution in [-0.2, 0) is 4.79 Å². The van der Waals surface area contributed by atoms with Gasteiger partial charge in [0.25, 0.3) is 0 Å².